The molecule has 4 nitrogen and oxygen atoms in total. The van der Waals surface area contributed by atoms with Crippen LogP contribution < -0.4 is 9.80 Å². The number of hydrogen-bond acceptors (Lipinski definition) is 4. The molecular weight excluding hydrogens is 296 g/mol. The van der Waals surface area contributed by atoms with Gasteiger partial charge in [-0.1, -0.05) is 60.7 Å². The van der Waals surface area contributed by atoms with Crippen molar-refractivity contribution in [3.63, 3.8) is 0 Å². The zero-order valence-electron chi connectivity index (χ0n) is 13.5. The van der Waals surface area contributed by atoms with Crippen molar-refractivity contribution < 1.29 is 0 Å². The number of fused-ring (bicyclic) bond motifs is 1. The van der Waals surface area contributed by atoms with E-state index in [9.17, 15) is 0 Å². The standard InChI is InChI=1S/C20H20N4/c1-3-7-17(8-4-1)15-23-13-14-24(16-18-9-5-2-6-10-18)20-19(23)11-12-21-22-20/h1-12H,13-16H2. The molecule has 0 aliphatic carbocycles. The van der Waals surface area contributed by atoms with Gasteiger partial charge in [-0.15, -0.1) is 5.10 Å². The average Bonchev–Trinajstić information content (AvgIpc) is 2.65. The Morgan fingerprint density at radius 3 is 1.96 bits per heavy atom. The van der Waals surface area contributed by atoms with Gasteiger partial charge in [0.1, 0.15) is 0 Å². The maximum Gasteiger partial charge on any atom is 0.175 e. The van der Waals surface area contributed by atoms with Crippen molar-refractivity contribution in [1.82, 2.24) is 10.2 Å². The van der Waals surface area contributed by atoms with Gasteiger partial charge in [0, 0.05) is 26.2 Å². The molecule has 0 N–H and O–H groups in total. The number of anilines is 2. The zero-order chi connectivity index (χ0) is 16.2. The Kier molecular flexibility index (Phi) is 4.11. The highest BCUT2D eigenvalue weighted by atomic mass is 15.3. The van der Waals surface area contributed by atoms with E-state index in [0.29, 0.717) is 0 Å². The van der Waals surface area contributed by atoms with Crippen LogP contribution in [0.3, 0.4) is 0 Å². The summed E-state index contributed by atoms with van der Waals surface area (Å²) >= 11 is 0. The van der Waals surface area contributed by atoms with Gasteiger partial charge < -0.3 is 9.80 Å². The van der Waals surface area contributed by atoms with E-state index in [1.165, 1.54) is 11.1 Å². The minimum absolute atomic E-state index is 0.867. The van der Waals surface area contributed by atoms with Crippen LogP contribution in [0.4, 0.5) is 11.5 Å². The van der Waals surface area contributed by atoms with Crippen LogP contribution in [-0.2, 0) is 13.1 Å². The topological polar surface area (TPSA) is 32.3 Å². The lowest BCUT2D eigenvalue weighted by molar-refractivity contribution is 0.675. The van der Waals surface area contributed by atoms with E-state index >= 15 is 0 Å². The molecule has 4 rings (SSSR count). The largest absolute Gasteiger partial charge is 0.362 e. The molecule has 0 atom stereocenters. The van der Waals surface area contributed by atoms with E-state index in [2.05, 4.69) is 86.7 Å². The van der Waals surface area contributed by atoms with Crippen LogP contribution in [0.2, 0.25) is 0 Å². The van der Waals surface area contributed by atoms with Crippen molar-refractivity contribution in [3.05, 3.63) is 84.1 Å². The third-order valence-corrected chi connectivity index (χ3v) is 4.39. The van der Waals surface area contributed by atoms with E-state index in [1.54, 1.807) is 6.20 Å². The zero-order valence-corrected chi connectivity index (χ0v) is 13.5. The highest BCUT2D eigenvalue weighted by Gasteiger charge is 2.24. The number of aromatic nitrogens is 2. The Labute approximate surface area is 142 Å². The van der Waals surface area contributed by atoms with Gasteiger partial charge in [0.05, 0.1) is 11.9 Å². The van der Waals surface area contributed by atoms with Crippen LogP contribution in [0.1, 0.15) is 11.1 Å². The molecule has 2 heterocycles. The van der Waals surface area contributed by atoms with Crippen LogP contribution in [-0.4, -0.2) is 23.3 Å². The van der Waals surface area contributed by atoms with Gasteiger partial charge in [-0.05, 0) is 17.2 Å². The van der Waals surface area contributed by atoms with E-state index in [4.69, 9.17) is 0 Å². The highest BCUT2D eigenvalue weighted by molar-refractivity contribution is 5.68. The molecule has 1 aromatic heterocycles. The van der Waals surface area contributed by atoms with Crippen LogP contribution >= 0.6 is 0 Å². The Balaban J connectivity index is 1.58. The molecule has 0 saturated carbocycles. The molecule has 4 heteroatoms. The van der Waals surface area contributed by atoms with Gasteiger partial charge >= 0.3 is 0 Å². The summed E-state index contributed by atoms with van der Waals surface area (Å²) in [7, 11) is 0. The van der Waals surface area contributed by atoms with Gasteiger partial charge in [0.25, 0.3) is 0 Å². The Morgan fingerprint density at radius 1 is 0.708 bits per heavy atom. The molecule has 0 saturated heterocycles. The molecule has 1 aliphatic rings. The molecular formula is C20H20N4. The maximum absolute atomic E-state index is 4.42. The van der Waals surface area contributed by atoms with E-state index < -0.39 is 0 Å². The lowest BCUT2D eigenvalue weighted by atomic mass is 10.1. The molecule has 0 bridgehead atoms. The summed E-state index contributed by atoms with van der Waals surface area (Å²) in [4.78, 5) is 4.71. The third kappa shape index (κ3) is 3.08. The van der Waals surface area contributed by atoms with Crippen LogP contribution in [0.5, 0.6) is 0 Å². The molecule has 0 spiro atoms. The fraction of sp³-hybridized carbons (Fsp3) is 0.200. The first-order valence-corrected chi connectivity index (χ1v) is 8.29. The molecule has 3 aromatic rings. The van der Waals surface area contributed by atoms with Crippen LogP contribution in [0.25, 0.3) is 0 Å². The number of rotatable bonds is 4. The summed E-state index contributed by atoms with van der Waals surface area (Å²) in [6.07, 6.45) is 1.78. The van der Waals surface area contributed by atoms with Crippen molar-refractivity contribution >= 4 is 11.5 Å². The molecule has 120 valence electrons. The SMILES string of the molecule is c1ccc(CN2CCN(Cc3ccccc3)c3nnccc32)cc1. The highest BCUT2D eigenvalue weighted by Crippen LogP contribution is 2.32. The van der Waals surface area contributed by atoms with Crippen LogP contribution in [0, 0.1) is 0 Å². The third-order valence-electron chi connectivity index (χ3n) is 4.39. The van der Waals surface area contributed by atoms with Gasteiger partial charge in [-0.2, -0.15) is 5.10 Å². The van der Waals surface area contributed by atoms with Crippen molar-refractivity contribution in [2.75, 3.05) is 22.9 Å². The predicted molar refractivity (Wildman–Crippen MR) is 97.0 cm³/mol. The number of hydrogen-bond donors (Lipinski definition) is 0. The lowest BCUT2D eigenvalue weighted by Gasteiger charge is -2.37. The van der Waals surface area contributed by atoms with Gasteiger partial charge in [-0.3, -0.25) is 0 Å². The average molecular weight is 316 g/mol. The molecule has 0 unspecified atom stereocenters. The first-order valence-electron chi connectivity index (χ1n) is 8.29. The van der Waals surface area contributed by atoms with Gasteiger partial charge in [0.15, 0.2) is 5.82 Å². The number of benzene rings is 2. The summed E-state index contributed by atoms with van der Waals surface area (Å²) in [6, 6.07) is 23.2. The quantitative estimate of drug-likeness (QED) is 0.737. The second kappa shape index (κ2) is 6.71. The Hall–Kier alpha value is -2.88. The molecule has 1 aliphatic heterocycles. The fourth-order valence-electron chi connectivity index (χ4n) is 3.18. The first-order chi connectivity index (χ1) is 11.9. The van der Waals surface area contributed by atoms with Gasteiger partial charge in [-0.25, -0.2) is 0 Å². The van der Waals surface area contributed by atoms with Crippen molar-refractivity contribution in [2.24, 2.45) is 0 Å². The van der Waals surface area contributed by atoms with Crippen molar-refractivity contribution in [1.29, 1.82) is 0 Å². The van der Waals surface area contributed by atoms with E-state index in [1.807, 2.05) is 0 Å². The smallest absolute Gasteiger partial charge is 0.175 e. The van der Waals surface area contributed by atoms with Crippen LogP contribution in [0.15, 0.2) is 72.9 Å². The molecule has 0 amide bonds. The fourth-order valence-corrected chi connectivity index (χ4v) is 3.18. The number of nitrogens with zero attached hydrogens (tertiary/aromatic N) is 4. The van der Waals surface area contributed by atoms with Gasteiger partial charge in [0.2, 0.25) is 0 Å². The normalized spacial score (nSPS) is 13.7. The van der Waals surface area contributed by atoms with Crippen molar-refractivity contribution in [2.45, 2.75) is 13.1 Å². The predicted octanol–water partition coefficient (Wildman–Crippen LogP) is 3.50. The molecule has 0 radical (unpaired) electrons. The Morgan fingerprint density at radius 2 is 1.29 bits per heavy atom. The second-order valence-corrected chi connectivity index (χ2v) is 6.05. The van der Waals surface area contributed by atoms with Crippen molar-refractivity contribution in [3.8, 4) is 0 Å². The molecule has 0 fully saturated rings. The lowest BCUT2D eigenvalue weighted by Crippen LogP contribution is -2.41. The monoisotopic (exact) mass is 316 g/mol. The summed E-state index contributed by atoms with van der Waals surface area (Å²) in [5, 5.41) is 8.54. The summed E-state index contributed by atoms with van der Waals surface area (Å²) in [5.74, 6) is 0.975. The van der Waals surface area contributed by atoms with E-state index in [-0.39, 0.29) is 0 Å². The second-order valence-electron chi connectivity index (χ2n) is 6.05. The Bertz CT molecular complexity index is 721. The molecule has 24 heavy (non-hydrogen) atoms. The summed E-state index contributed by atoms with van der Waals surface area (Å²) in [6.45, 7) is 3.71. The minimum atomic E-state index is 0.867. The molecule has 2 aromatic carbocycles. The summed E-state index contributed by atoms with van der Waals surface area (Å²) in [5.41, 5.74) is 3.78. The summed E-state index contributed by atoms with van der Waals surface area (Å²) < 4.78 is 0. The first kappa shape index (κ1) is 14.7. The minimum Gasteiger partial charge on any atom is -0.362 e. The van der Waals surface area contributed by atoms with E-state index in [0.717, 1.165) is 37.7 Å². The maximum atomic E-state index is 4.42.